The number of piperazine rings is 1. The number of carbonyl (C=O) groups is 6. The van der Waals surface area contributed by atoms with Gasteiger partial charge in [-0.25, -0.2) is 54.6 Å². The second kappa shape index (κ2) is 44.3. The molecule has 2 unspecified atom stereocenters. The van der Waals surface area contributed by atoms with Crippen molar-refractivity contribution in [2.75, 3.05) is 144 Å². The highest BCUT2D eigenvalue weighted by molar-refractivity contribution is 7.22. The monoisotopic (exact) mass is 2080 g/mol. The molecule has 10 N–H and O–H groups in total. The van der Waals surface area contributed by atoms with Crippen molar-refractivity contribution in [2.24, 2.45) is 5.73 Å². The summed E-state index contributed by atoms with van der Waals surface area (Å²) in [5.41, 5.74) is 20.6. The van der Waals surface area contributed by atoms with Gasteiger partial charge in [0.05, 0.1) is 84.4 Å². The van der Waals surface area contributed by atoms with Crippen LogP contribution in [0.1, 0.15) is 82.0 Å². The van der Waals surface area contributed by atoms with Gasteiger partial charge in [0, 0.05) is 227 Å². The van der Waals surface area contributed by atoms with Crippen molar-refractivity contribution < 1.29 is 43.0 Å². The zero-order valence-corrected chi connectivity index (χ0v) is 85.9. The van der Waals surface area contributed by atoms with E-state index in [1.165, 1.54) is 56.7 Å². The third-order valence-electron chi connectivity index (χ3n) is 25.6. The minimum atomic E-state index is -0.557. The molecule has 0 spiro atoms. The van der Waals surface area contributed by atoms with Crippen LogP contribution in [-0.2, 0) is 14.2 Å². The molecule has 10 aromatic heterocycles. The standard InChI is InChI=1S/C26H27N5O3S.C22H21N5OS.C21H19N5O2S.C21H19N5OS.C21H18N4O2S/c1-26(2,3)34-25(33)29-18-11-12-31(15-18)23(32)21-13-19-20(35-21)10-9-16-14-27-24(30-22(16)19)28-17-7-5-4-6-8-17;1-26-9-11-27(12-10-26)21(28)19-13-17-18(29-19)8-7-15-14-23-22(25-20(15)17)24-16-5-3-2-4-6-16;22-14-2-1-3-15(10-14)24-21-23-12-13-4-5-17-16(19(13)25-21)11-18(29-17)20(27)26-6-8-28-9-7-26;22-14-8-9-26(12-14)20(27)18-10-16-17(28-18)7-6-13-11-23-21(25-19(13)16)24-15-4-2-1-3-5-15;26-20(25-8-10-27-11-9-25)18-12-16-17(28-18)7-6-14-13-22-21(24-19(14)16)23-15-4-2-1-3-5-15/h4-10,13-14,18H,11-12,15H2,1-3H3,(H,29,33)(H,27,28,30);2-8,13-14H,9-12H2,1H3,(H,23,24,25);1-5,10-12H,6-9,22H2,(H,23,24,25);1-7,10-11,14H,8-9,12,22H2,(H,23,24,25);1-7,12-13H,8-11H2,(H,22,23,24). The minimum Gasteiger partial charge on any atom is -0.444 e. The average Bonchev–Trinajstić information content (AvgIpc) is 1.65. The summed E-state index contributed by atoms with van der Waals surface area (Å²) in [5.74, 6) is 2.87. The molecule has 33 nitrogen and oxygen atoms in total. The number of benzene rings is 10. The van der Waals surface area contributed by atoms with Gasteiger partial charge in [0.15, 0.2) is 0 Å². The van der Waals surface area contributed by atoms with E-state index in [0.29, 0.717) is 119 Å². The van der Waals surface area contributed by atoms with Gasteiger partial charge in [-0.15, -0.1) is 56.7 Å². The zero-order chi connectivity index (χ0) is 102. The van der Waals surface area contributed by atoms with Gasteiger partial charge < -0.3 is 87.0 Å². The van der Waals surface area contributed by atoms with Crippen molar-refractivity contribution in [3.05, 3.63) is 292 Å². The number of fused-ring (bicyclic) bond motifs is 15. The molecule has 2 atom stereocenters. The molecular formula is C111H104N24O9S5. The lowest BCUT2D eigenvalue weighted by atomic mass is 10.1. The molecule has 38 heteroatoms. The number of amides is 6. The van der Waals surface area contributed by atoms with Crippen molar-refractivity contribution in [1.82, 2.24) is 84.6 Å². The third-order valence-corrected chi connectivity index (χ3v) is 31.1. The van der Waals surface area contributed by atoms with E-state index in [9.17, 15) is 28.8 Å². The summed E-state index contributed by atoms with van der Waals surface area (Å²) >= 11 is 7.51. The Bertz CT molecular complexity index is 8200. The van der Waals surface area contributed by atoms with E-state index in [2.05, 4.69) is 74.8 Å². The number of nitrogens with two attached hydrogens (primary N) is 2. The van der Waals surface area contributed by atoms with Crippen molar-refractivity contribution in [3.63, 3.8) is 0 Å². The maximum absolute atomic E-state index is 13.3. The number of thiophene rings is 5. The smallest absolute Gasteiger partial charge is 0.407 e. The quantitative estimate of drug-likeness (QED) is 0.0416. The van der Waals surface area contributed by atoms with E-state index in [0.717, 1.165) is 192 Å². The fraction of sp³-hybridized carbons (Fsp3) is 0.225. The number of likely N-dealkylation sites (tertiary alicyclic amines) is 2. The third kappa shape index (κ3) is 23.3. The molecule has 0 aliphatic carbocycles. The number of carbonyl (C=O) groups excluding carboxylic acids is 6. The Kier molecular flexibility index (Phi) is 29.4. The van der Waals surface area contributed by atoms with Crippen molar-refractivity contribution in [3.8, 4) is 0 Å². The predicted molar refractivity (Wildman–Crippen MR) is 597 cm³/mol. The Morgan fingerprint density at radius 1 is 0.336 bits per heavy atom. The summed E-state index contributed by atoms with van der Waals surface area (Å²) in [6.07, 6.45) is 10.1. The molecule has 0 saturated carbocycles. The van der Waals surface area contributed by atoms with Gasteiger partial charge in [0.25, 0.3) is 29.5 Å². The number of nitrogens with zero attached hydrogens (tertiary/aromatic N) is 16. The Labute approximate surface area is 875 Å². The molecule has 6 amide bonds. The number of para-hydroxylation sites is 4. The number of hydrogen-bond acceptors (Lipinski definition) is 32. The van der Waals surface area contributed by atoms with Crippen LogP contribution in [0.4, 0.5) is 68.7 Å². The molecule has 25 rings (SSSR count). The van der Waals surface area contributed by atoms with Gasteiger partial charge in [0.2, 0.25) is 29.7 Å². The molecule has 15 heterocycles. The summed E-state index contributed by atoms with van der Waals surface area (Å²) in [6, 6.07) is 76.6. The SMILES string of the molecule is CC(C)(C)OC(=O)NC1CCN(C(=O)c2cc3c(ccc4cnc(Nc5ccccc5)nc43)s2)C1.CN1CCN(C(=O)c2cc3c(ccc4cnc(Nc5ccccc5)nc43)s2)CC1.NC1CCN(C(=O)c2cc3c(ccc4cnc(Nc5ccccc5)nc43)s2)C1.Nc1cccc(Nc2ncc3ccc4sc(C(=O)N5CCOCC5)cc4c3n2)c1.O=C(c1cc2c(ccc3cnc(Nc4ccccc4)nc32)s1)N1CCOCC1. The van der Waals surface area contributed by atoms with Crippen LogP contribution < -0.4 is 43.4 Å². The van der Waals surface area contributed by atoms with Crippen LogP contribution in [0, 0.1) is 0 Å². The highest BCUT2D eigenvalue weighted by Crippen LogP contribution is 2.40. The summed E-state index contributed by atoms with van der Waals surface area (Å²) < 4.78 is 21.2. The maximum Gasteiger partial charge on any atom is 0.407 e. The topological polar surface area (TPSA) is 403 Å². The predicted octanol–water partition coefficient (Wildman–Crippen LogP) is 20.8. The second-order valence-corrected chi connectivity index (χ2v) is 42.8. The fourth-order valence-electron chi connectivity index (χ4n) is 18.0. The number of anilines is 11. The Morgan fingerprint density at radius 2 is 0.624 bits per heavy atom. The Morgan fingerprint density at radius 3 is 0.926 bits per heavy atom. The van der Waals surface area contributed by atoms with Crippen molar-refractivity contribution in [2.45, 2.75) is 51.3 Å². The number of ether oxygens (including phenoxy) is 3. The van der Waals surface area contributed by atoms with Gasteiger partial charge in [0.1, 0.15) is 5.60 Å². The number of rotatable bonds is 16. The lowest BCUT2D eigenvalue weighted by molar-refractivity contribution is 0.0304. The number of morpholine rings is 2. The van der Waals surface area contributed by atoms with Crippen LogP contribution in [0.3, 0.4) is 0 Å². The van der Waals surface area contributed by atoms with E-state index in [4.69, 9.17) is 50.6 Å². The van der Waals surface area contributed by atoms with Gasteiger partial charge in [-0.2, -0.15) is 0 Å². The lowest BCUT2D eigenvalue weighted by Crippen LogP contribution is -2.46. The van der Waals surface area contributed by atoms with Crippen molar-refractivity contribution >= 4 is 261 Å². The number of hydrogen-bond donors (Lipinski definition) is 8. The van der Waals surface area contributed by atoms with Crippen LogP contribution in [0.2, 0.25) is 0 Å². The van der Waals surface area contributed by atoms with Crippen LogP contribution in [0.5, 0.6) is 0 Å². The number of nitrogen functional groups attached to an aromatic ring is 1. The molecule has 0 radical (unpaired) electrons. The maximum atomic E-state index is 13.3. The molecule has 5 fully saturated rings. The first-order valence-electron chi connectivity index (χ1n) is 49.0. The molecule has 20 aromatic rings. The number of nitrogens with one attached hydrogen (secondary N) is 6. The summed E-state index contributed by atoms with van der Waals surface area (Å²) in [5, 5.41) is 28.6. The van der Waals surface area contributed by atoms with Crippen LogP contribution in [0.15, 0.2) is 268 Å². The number of likely N-dealkylation sites (N-methyl/N-ethyl adjacent to an activating group) is 1. The first kappa shape index (κ1) is 99.0. The van der Waals surface area contributed by atoms with Gasteiger partial charge in [-0.05, 0) is 198 Å². The molecule has 149 heavy (non-hydrogen) atoms. The molecule has 5 aliphatic heterocycles. The molecule has 10 aromatic carbocycles. The van der Waals surface area contributed by atoms with E-state index in [-0.39, 0.29) is 41.6 Å². The lowest BCUT2D eigenvalue weighted by Gasteiger charge is -2.32. The molecule has 5 saturated heterocycles. The van der Waals surface area contributed by atoms with Crippen LogP contribution in [-0.4, -0.2) is 245 Å². The summed E-state index contributed by atoms with van der Waals surface area (Å²) in [7, 11) is 2.09. The van der Waals surface area contributed by atoms with E-state index in [1.807, 2.05) is 289 Å². The van der Waals surface area contributed by atoms with Crippen LogP contribution >= 0.6 is 56.7 Å². The minimum absolute atomic E-state index is 0.0375. The second-order valence-electron chi connectivity index (χ2n) is 37.4. The normalized spacial score (nSPS) is 15.4. The first-order valence-corrected chi connectivity index (χ1v) is 53.1. The average molecular weight is 2080 g/mol. The van der Waals surface area contributed by atoms with E-state index < -0.39 is 11.7 Å². The number of aromatic nitrogens is 10. The van der Waals surface area contributed by atoms with E-state index >= 15 is 0 Å². The molecule has 5 aliphatic rings. The first-order chi connectivity index (χ1) is 72.5. The highest BCUT2D eigenvalue weighted by Gasteiger charge is 2.33. The molecule has 0 bridgehead atoms. The molecule has 752 valence electrons. The summed E-state index contributed by atoms with van der Waals surface area (Å²) in [4.78, 5) is 138. The van der Waals surface area contributed by atoms with Gasteiger partial charge >= 0.3 is 6.09 Å². The summed E-state index contributed by atoms with van der Waals surface area (Å²) in [6.45, 7) is 16.2. The highest BCUT2D eigenvalue weighted by atomic mass is 32.1. The fourth-order valence-corrected chi connectivity index (χ4v) is 23.2. The van der Waals surface area contributed by atoms with Crippen molar-refractivity contribution in [1.29, 1.82) is 0 Å². The Balaban J connectivity index is 0.000000109. The van der Waals surface area contributed by atoms with E-state index in [1.54, 1.807) is 17.3 Å². The van der Waals surface area contributed by atoms with Gasteiger partial charge in [-0.1, -0.05) is 78.9 Å². The van der Waals surface area contributed by atoms with Crippen LogP contribution in [0.25, 0.3) is 105 Å². The van der Waals surface area contributed by atoms with Gasteiger partial charge in [-0.3, -0.25) is 24.0 Å². The number of alkyl carbamates (subject to hydrolysis) is 1. The molecular weight excluding hydrogens is 1970 g/mol. The largest absolute Gasteiger partial charge is 0.444 e. The zero-order valence-electron chi connectivity index (χ0n) is 81.8. The Hall–Kier alpha value is -16.0.